The number of hydrogen-bond donors (Lipinski definition) is 1. The van der Waals surface area contributed by atoms with Gasteiger partial charge in [-0.25, -0.2) is 0 Å². The summed E-state index contributed by atoms with van der Waals surface area (Å²) >= 11 is 0. The second kappa shape index (κ2) is 7.95. The van der Waals surface area contributed by atoms with Gasteiger partial charge in [0.1, 0.15) is 11.9 Å². The van der Waals surface area contributed by atoms with Crippen LogP contribution in [0.25, 0.3) is 5.69 Å². The first-order valence-corrected chi connectivity index (χ1v) is 8.86. The zero-order valence-electron chi connectivity index (χ0n) is 15.8. The van der Waals surface area contributed by atoms with Gasteiger partial charge in [0.25, 0.3) is 0 Å². The summed E-state index contributed by atoms with van der Waals surface area (Å²) in [4.78, 5) is 17.1. The number of carbonyl (C=O) groups excluding carboxylic acids is 1. The minimum Gasteiger partial charge on any atom is -0.359 e. The Morgan fingerprint density at radius 2 is 2.11 bits per heavy atom. The fraction of sp³-hybridized carbons (Fsp3) is 0.238. The molecule has 0 saturated carbocycles. The molecule has 6 nitrogen and oxygen atoms in total. The average Bonchev–Trinajstić information content (AvgIpc) is 3.01. The Bertz CT molecular complexity index is 965. The summed E-state index contributed by atoms with van der Waals surface area (Å²) in [6.45, 7) is 7.81. The molecule has 1 aromatic carbocycles. The summed E-state index contributed by atoms with van der Waals surface area (Å²) in [5, 5.41) is 11.2. The van der Waals surface area contributed by atoms with Crippen molar-refractivity contribution in [1.29, 1.82) is 0 Å². The van der Waals surface area contributed by atoms with Gasteiger partial charge in [0.05, 0.1) is 17.8 Å². The van der Waals surface area contributed by atoms with Crippen LogP contribution in [0.4, 0.5) is 0 Å². The van der Waals surface area contributed by atoms with Crippen molar-refractivity contribution in [1.82, 2.24) is 20.1 Å². The van der Waals surface area contributed by atoms with Crippen molar-refractivity contribution in [2.75, 3.05) is 7.05 Å². The van der Waals surface area contributed by atoms with Crippen molar-refractivity contribution in [3.05, 3.63) is 77.9 Å². The lowest BCUT2D eigenvalue weighted by Gasteiger charge is -2.12. The van der Waals surface area contributed by atoms with Gasteiger partial charge in [-0.2, -0.15) is 0 Å². The third kappa shape index (κ3) is 3.51. The molecule has 3 rings (SSSR count). The average molecular weight is 361 g/mol. The van der Waals surface area contributed by atoms with Gasteiger partial charge in [-0.3, -0.25) is 14.4 Å². The third-order valence-corrected chi connectivity index (χ3v) is 4.45. The lowest BCUT2D eigenvalue weighted by atomic mass is 9.99. The number of nitrogens with zero attached hydrogens (tertiary/aromatic N) is 4. The van der Waals surface area contributed by atoms with Crippen molar-refractivity contribution in [2.45, 2.75) is 26.3 Å². The maximum atomic E-state index is 12.1. The largest absolute Gasteiger partial charge is 0.359 e. The minimum atomic E-state index is -0.442. The molecule has 6 heteroatoms. The number of fused-ring (bicyclic) bond motifs is 3. The third-order valence-electron chi connectivity index (χ3n) is 4.45. The molecule has 0 unspecified atom stereocenters. The number of amides is 1. The zero-order chi connectivity index (χ0) is 19.4. The van der Waals surface area contributed by atoms with Crippen LogP contribution in [0.15, 0.2) is 65.7 Å². The Labute approximate surface area is 159 Å². The lowest BCUT2D eigenvalue weighted by molar-refractivity contribution is -0.121. The van der Waals surface area contributed by atoms with Crippen LogP contribution in [0, 0.1) is 6.92 Å². The predicted octanol–water partition coefficient (Wildman–Crippen LogP) is 3.24. The molecule has 0 saturated heterocycles. The van der Waals surface area contributed by atoms with Crippen molar-refractivity contribution >= 4 is 11.6 Å². The van der Waals surface area contributed by atoms with E-state index in [0.717, 1.165) is 28.4 Å². The summed E-state index contributed by atoms with van der Waals surface area (Å²) in [5.74, 6) is 1.32. The van der Waals surface area contributed by atoms with E-state index in [1.165, 1.54) is 0 Å². The molecule has 27 heavy (non-hydrogen) atoms. The van der Waals surface area contributed by atoms with Crippen molar-refractivity contribution < 1.29 is 4.79 Å². The molecule has 2 heterocycles. The van der Waals surface area contributed by atoms with Gasteiger partial charge in [-0.15, -0.1) is 10.2 Å². The number of aromatic nitrogens is 3. The van der Waals surface area contributed by atoms with E-state index < -0.39 is 6.04 Å². The highest BCUT2D eigenvalue weighted by Crippen LogP contribution is 2.32. The van der Waals surface area contributed by atoms with Crippen molar-refractivity contribution in [3.8, 4) is 5.69 Å². The maximum Gasteiger partial charge on any atom is 0.222 e. The van der Waals surface area contributed by atoms with Gasteiger partial charge < -0.3 is 5.32 Å². The van der Waals surface area contributed by atoms with Gasteiger partial charge >= 0.3 is 0 Å². The lowest BCUT2D eigenvalue weighted by Crippen LogP contribution is -2.21. The molecule has 2 aromatic rings. The molecule has 138 valence electrons. The molecule has 0 radical (unpaired) electrons. The number of nitrogens with one attached hydrogen (secondary N) is 1. The Balaban J connectivity index is 2.28. The first-order valence-electron chi connectivity index (χ1n) is 8.86. The summed E-state index contributed by atoms with van der Waals surface area (Å²) in [5.41, 5.74) is 3.58. The monoisotopic (exact) mass is 361 g/mol. The molecular formula is C21H23N5O. The highest BCUT2D eigenvalue weighted by molar-refractivity contribution is 6.16. The molecule has 0 fully saturated rings. The van der Waals surface area contributed by atoms with E-state index >= 15 is 0 Å². The standard InChI is InChI=1S/C21H23N5O/c1-5-7-10-15(6-2)20-16-11-8-9-12-18(16)26-14(3)24-25-21(26)17(23-20)13-19(27)22-4/h5-12,17H,2,13H2,1,3-4H3,(H,22,27)/b7-5-,15-10+/t17-/m0/s1. The topological polar surface area (TPSA) is 72.2 Å². The van der Waals surface area contributed by atoms with E-state index in [-0.39, 0.29) is 12.3 Å². The van der Waals surface area contributed by atoms with Crippen molar-refractivity contribution in [3.63, 3.8) is 0 Å². The van der Waals surface area contributed by atoms with Gasteiger partial charge in [0, 0.05) is 12.6 Å². The molecule has 0 bridgehead atoms. The Morgan fingerprint density at radius 3 is 2.81 bits per heavy atom. The number of aliphatic imine (C=N–C) groups is 1. The number of carbonyl (C=O) groups is 1. The molecule has 1 aliphatic heterocycles. The highest BCUT2D eigenvalue weighted by atomic mass is 16.1. The predicted molar refractivity (Wildman–Crippen MR) is 107 cm³/mol. The molecule has 1 aliphatic rings. The Kier molecular flexibility index (Phi) is 5.45. The Hall–Kier alpha value is -3.28. The first-order chi connectivity index (χ1) is 13.1. The van der Waals surface area contributed by atoms with Crippen LogP contribution in [-0.4, -0.2) is 33.4 Å². The van der Waals surface area contributed by atoms with Crippen molar-refractivity contribution in [2.24, 2.45) is 4.99 Å². The van der Waals surface area contributed by atoms with E-state index in [1.807, 2.05) is 60.9 Å². The molecule has 1 atom stereocenters. The van der Waals surface area contributed by atoms with E-state index in [1.54, 1.807) is 13.1 Å². The smallest absolute Gasteiger partial charge is 0.222 e. The van der Waals surface area contributed by atoms with Crippen LogP contribution in [0.2, 0.25) is 0 Å². The molecule has 0 spiro atoms. The molecule has 1 amide bonds. The van der Waals surface area contributed by atoms with Crippen LogP contribution in [0.1, 0.15) is 36.6 Å². The fourth-order valence-electron chi connectivity index (χ4n) is 3.13. The van der Waals surface area contributed by atoms with Gasteiger partial charge in [0.2, 0.25) is 5.91 Å². The number of allylic oxidation sites excluding steroid dienone is 5. The summed E-state index contributed by atoms with van der Waals surface area (Å²) < 4.78 is 1.98. The molecule has 1 N–H and O–H groups in total. The van der Waals surface area contributed by atoms with Crippen LogP contribution in [0.3, 0.4) is 0 Å². The van der Waals surface area contributed by atoms with Gasteiger partial charge in [-0.05, 0) is 25.5 Å². The number of para-hydroxylation sites is 1. The summed E-state index contributed by atoms with van der Waals surface area (Å²) in [6, 6.07) is 7.55. The second-order valence-electron chi connectivity index (χ2n) is 6.18. The summed E-state index contributed by atoms with van der Waals surface area (Å²) in [7, 11) is 1.62. The number of benzene rings is 1. The van der Waals surface area contributed by atoms with E-state index in [4.69, 9.17) is 4.99 Å². The van der Waals surface area contributed by atoms with Crippen LogP contribution in [0.5, 0.6) is 0 Å². The molecule has 1 aromatic heterocycles. The summed E-state index contributed by atoms with van der Waals surface area (Å²) in [6.07, 6.45) is 7.85. The van der Waals surface area contributed by atoms with Gasteiger partial charge in [-0.1, -0.05) is 49.1 Å². The number of hydrogen-bond acceptors (Lipinski definition) is 4. The molecule has 0 aliphatic carbocycles. The van der Waals surface area contributed by atoms with E-state index in [9.17, 15) is 4.79 Å². The quantitative estimate of drug-likeness (QED) is 0.831. The van der Waals surface area contributed by atoms with Crippen LogP contribution < -0.4 is 5.32 Å². The fourth-order valence-corrected chi connectivity index (χ4v) is 3.13. The minimum absolute atomic E-state index is 0.0983. The van der Waals surface area contributed by atoms with Crippen LogP contribution in [-0.2, 0) is 4.79 Å². The number of rotatable bonds is 5. The van der Waals surface area contributed by atoms with Crippen LogP contribution >= 0.6 is 0 Å². The highest BCUT2D eigenvalue weighted by Gasteiger charge is 2.29. The maximum absolute atomic E-state index is 12.1. The van der Waals surface area contributed by atoms with E-state index in [2.05, 4.69) is 22.1 Å². The second-order valence-corrected chi connectivity index (χ2v) is 6.18. The molecular weight excluding hydrogens is 338 g/mol. The zero-order valence-corrected chi connectivity index (χ0v) is 15.8. The number of aryl methyl sites for hydroxylation is 1. The normalized spacial score (nSPS) is 16.3. The van der Waals surface area contributed by atoms with Gasteiger partial charge in [0.15, 0.2) is 5.82 Å². The Morgan fingerprint density at radius 1 is 1.33 bits per heavy atom. The SMILES string of the molecule is C=C/C(=C\C=C/C)C1=N[C@@H](CC(=O)NC)c2nnc(C)n2-c2ccccc21. The van der Waals surface area contributed by atoms with E-state index in [0.29, 0.717) is 5.82 Å². The first kappa shape index (κ1) is 18.5.